The van der Waals surface area contributed by atoms with E-state index in [9.17, 15) is 4.79 Å². The Balaban J connectivity index is 2.05. The highest BCUT2D eigenvalue weighted by molar-refractivity contribution is 6.62. The Morgan fingerprint density at radius 2 is 1.76 bits per heavy atom. The first kappa shape index (κ1) is 12.2. The fraction of sp³-hybridized carbons (Fsp3) is 0.462. The zero-order valence-electron chi connectivity index (χ0n) is 10.2. The predicted octanol–water partition coefficient (Wildman–Crippen LogP) is 2.78. The molecule has 0 aliphatic carbocycles. The Labute approximate surface area is 107 Å². The van der Waals surface area contributed by atoms with Crippen LogP contribution >= 0.6 is 11.6 Å². The molecular formula is C13H17ClN2O. The number of carbonyl (C=O) groups is 1. The lowest BCUT2D eigenvalue weighted by Crippen LogP contribution is -2.47. The number of anilines is 1. The molecule has 1 saturated heterocycles. The minimum absolute atomic E-state index is 0.343. The van der Waals surface area contributed by atoms with Crippen LogP contribution in [0.4, 0.5) is 10.5 Å². The number of nitrogens with zero attached hydrogens (tertiary/aromatic N) is 2. The maximum atomic E-state index is 11.0. The molecule has 1 aliphatic heterocycles. The zero-order chi connectivity index (χ0) is 12.4. The van der Waals surface area contributed by atoms with Crippen LogP contribution in [0.2, 0.25) is 0 Å². The van der Waals surface area contributed by atoms with Crippen molar-refractivity contribution in [2.75, 3.05) is 31.1 Å². The number of amides is 1. The van der Waals surface area contributed by atoms with Crippen LogP contribution in [-0.2, 0) is 0 Å². The Kier molecular flexibility index (Phi) is 3.57. The number of rotatable bonds is 1. The van der Waals surface area contributed by atoms with Gasteiger partial charge in [-0.3, -0.25) is 4.79 Å². The maximum Gasteiger partial charge on any atom is 0.316 e. The first-order valence-corrected chi connectivity index (χ1v) is 6.22. The van der Waals surface area contributed by atoms with Gasteiger partial charge in [0.05, 0.1) is 0 Å². The van der Waals surface area contributed by atoms with E-state index in [0.717, 1.165) is 13.1 Å². The van der Waals surface area contributed by atoms with E-state index in [1.807, 2.05) is 0 Å². The molecule has 0 bridgehead atoms. The first-order chi connectivity index (χ1) is 8.08. The van der Waals surface area contributed by atoms with Crippen molar-refractivity contribution in [2.24, 2.45) is 0 Å². The summed E-state index contributed by atoms with van der Waals surface area (Å²) in [4.78, 5) is 15.0. The van der Waals surface area contributed by atoms with Crippen LogP contribution in [0.25, 0.3) is 0 Å². The molecule has 3 nitrogen and oxygen atoms in total. The second kappa shape index (κ2) is 4.96. The van der Waals surface area contributed by atoms with Crippen LogP contribution in [-0.4, -0.2) is 36.4 Å². The van der Waals surface area contributed by atoms with E-state index in [-0.39, 0.29) is 5.37 Å². The van der Waals surface area contributed by atoms with Crippen molar-refractivity contribution in [3.63, 3.8) is 0 Å². The summed E-state index contributed by atoms with van der Waals surface area (Å²) >= 11 is 5.46. The summed E-state index contributed by atoms with van der Waals surface area (Å²) in [6, 6.07) is 6.48. The summed E-state index contributed by atoms with van der Waals surface area (Å²) < 4.78 is 0. The third kappa shape index (κ3) is 2.72. The lowest BCUT2D eigenvalue weighted by atomic mass is 10.1. The molecule has 0 spiro atoms. The molecule has 0 unspecified atom stereocenters. The lowest BCUT2D eigenvalue weighted by molar-refractivity contribution is 0.218. The van der Waals surface area contributed by atoms with Gasteiger partial charge in [-0.25, -0.2) is 0 Å². The molecule has 0 atom stereocenters. The molecule has 0 saturated carbocycles. The molecule has 0 radical (unpaired) electrons. The van der Waals surface area contributed by atoms with Crippen molar-refractivity contribution in [3.8, 4) is 0 Å². The van der Waals surface area contributed by atoms with Crippen LogP contribution in [0.15, 0.2) is 18.2 Å². The second-order valence-electron chi connectivity index (χ2n) is 4.50. The summed E-state index contributed by atoms with van der Waals surface area (Å²) in [5.74, 6) is 0. The molecule has 1 aromatic carbocycles. The van der Waals surface area contributed by atoms with E-state index < -0.39 is 0 Å². The Morgan fingerprint density at radius 1 is 1.12 bits per heavy atom. The molecule has 2 rings (SSSR count). The third-order valence-electron chi connectivity index (χ3n) is 3.38. The van der Waals surface area contributed by atoms with E-state index in [4.69, 9.17) is 11.6 Å². The van der Waals surface area contributed by atoms with E-state index in [0.29, 0.717) is 13.1 Å². The summed E-state index contributed by atoms with van der Waals surface area (Å²) in [7, 11) is 0. The fourth-order valence-electron chi connectivity index (χ4n) is 2.06. The molecule has 4 heteroatoms. The molecule has 1 amide bonds. The molecule has 1 fully saturated rings. The van der Waals surface area contributed by atoms with Crippen molar-refractivity contribution >= 4 is 22.7 Å². The predicted molar refractivity (Wildman–Crippen MR) is 71.0 cm³/mol. The van der Waals surface area contributed by atoms with Crippen molar-refractivity contribution in [2.45, 2.75) is 13.8 Å². The lowest BCUT2D eigenvalue weighted by Gasteiger charge is -2.35. The van der Waals surface area contributed by atoms with Crippen molar-refractivity contribution in [1.29, 1.82) is 0 Å². The van der Waals surface area contributed by atoms with Gasteiger partial charge in [0.25, 0.3) is 0 Å². The zero-order valence-corrected chi connectivity index (χ0v) is 11.0. The van der Waals surface area contributed by atoms with Gasteiger partial charge in [0.1, 0.15) is 0 Å². The summed E-state index contributed by atoms with van der Waals surface area (Å²) in [6.45, 7) is 7.34. The average molecular weight is 253 g/mol. The number of piperazine rings is 1. The number of halogens is 1. The van der Waals surface area contributed by atoms with Crippen molar-refractivity contribution in [3.05, 3.63) is 29.3 Å². The largest absolute Gasteiger partial charge is 0.368 e. The number of carbonyl (C=O) groups excluding carboxylic acids is 1. The Morgan fingerprint density at radius 3 is 2.29 bits per heavy atom. The highest BCUT2D eigenvalue weighted by atomic mass is 35.5. The third-order valence-corrected chi connectivity index (χ3v) is 3.62. The van der Waals surface area contributed by atoms with Gasteiger partial charge in [0.15, 0.2) is 0 Å². The molecule has 92 valence electrons. The van der Waals surface area contributed by atoms with Crippen LogP contribution in [0.1, 0.15) is 11.1 Å². The smallest absolute Gasteiger partial charge is 0.316 e. The summed E-state index contributed by atoms with van der Waals surface area (Å²) in [5, 5.41) is -0.343. The standard InChI is InChI=1S/C13H17ClN2O/c1-10-3-4-12(9-11(10)2)15-5-7-16(8-6-15)13(14)17/h3-4,9H,5-8H2,1-2H3. The summed E-state index contributed by atoms with van der Waals surface area (Å²) in [6.07, 6.45) is 0. The van der Waals surface area contributed by atoms with Crippen LogP contribution in [0.3, 0.4) is 0 Å². The number of benzene rings is 1. The number of aryl methyl sites for hydroxylation is 2. The van der Waals surface area contributed by atoms with Crippen LogP contribution in [0, 0.1) is 13.8 Å². The Bertz CT molecular complexity index is 425. The van der Waals surface area contributed by atoms with Crippen LogP contribution < -0.4 is 4.90 Å². The quantitative estimate of drug-likeness (QED) is 0.567. The van der Waals surface area contributed by atoms with E-state index >= 15 is 0 Å². The van der Waals surface area contributed by atoms with Gasteiger partial charge < -0.3 is 9.80 Å². The highest BCUT2D eigenvalue weighted by Gasteiger charge is 2.19. The number of hydrogen-bond acceptors (Lipinski definition) is 2. The number of hydrogen-bond donors (Lipinski definition) is 0. The van der Waals surface area contributed by atoms with E-state index in [1.165, 1.54) is 16.8 Å². The Hall–Kier alpha value is -1.22. The average Bonchev–Trinajstić information content (AvgIpc) is 2.33. The van der Waals surface area contributed by atoms with Gasteiger partial charge in [-0.1, -0.05) is 6.07 Å². The normalized spacial score (nSPS) is 16.2. The molecular weight excluding hydrogens is 236 g/mol. The topological polar surface area (TPSA) is 23.6 Å². The van der Waals surface area contributed by atoms with Crippen molar-refractivity contribution < 1.29 is 4.79 Å². The summed E-state index contributed by atoms with van der Waals surface area (Å²) in [5.41, 5.74) is 3.84. The molecule has 1 aromatic rings. The first-order valence-electron chi connectivity index (χ1n) is 5.84. The van der Waals surface area contributed by atoms with Gasteiger partial charge in [-0.15, -0.1) is 0 Å². The maximum absolute atomic E-state index is 11.0. The molecule has 17 heavy (non-hydrogen) atoms. The minimum atomic E-state index is -0.343. The van der Waals surface area contributed by atoms with Gasteiger partial charge in [-0.2, -0.15) is 0 Å². The SMILES string of the molecule is Cc1ccc(N2CCN(C(=O)Cl)CC2)cc1C. The van der Waals surface area contributed by atoms with Crippen molar-refractivity contribution in [1.82, 2.24) is 4.90 Å². The van der Waals surface area contributed by atoms with Crippen LogP contribution in [0.5, 0.6) is 0 Å². The van der Waals surface area contributed by atoms with Gasteiger partial charge in [0, 0.05) is 31.9 Å². The van der Waals surface area contributed by atoms with E-state index in [2.05, 4.69) is 36.9 Å². The van der Waals surface area contributed by atoms with Gasteiger partial charge in [-0.05, 0) is 48.7 Å². The molecule has 0 N–H and O–H groups in total. The minimum Gasteiger partial charge on any atom is -0.368 e. The second-order valence-corrected chi connectivity index (χ2v) is 4.82. The molecule has 0 aromatic heterocycles. The monoisotopic (exact) mass is 252 g/mol. The fourth-order valence-corrected chi connectivity index (χ4v) is 2.23. The van der Waals surface area contributed by atoms with Gasteiger partial charge >= 0.3 is 5.37 Å². The highest BCUT2D eigenvalue weighted by Crippen LogP contribution is 2.20. The van der Waals surface area contributed by atoms with Gasteiger partial charge in [0.2, 0.25) is 0 Å². The molecule has 1 aliphatic rings. The van der Waals surface area contributed by atoms with E-state index in [1.54, 1.807) is 4.90 Å². The molecule has 1 heterocycles.